The fourth-order valence-corrected chi connectivity index (χ4v) is 2.41. The van der Waals surface area contributed by atoms with Crippen molar-refractivity contribution in [2.75, 3.05) is 6.26 Å². The van der Waals surface area contributed by atoms with Gasteiger partial charge < -0.3 is 10.7 Å². The summed E-state index contributed by atoms with van der Waals surface area (Å²) in [6.07, 6.45) is 2.89. The molecule has 0 bridgehead atoms. The first-order valence-corrected chi connectivity index (χ1v) is 8.55. The molecule has 7 heteroatoms. The molecule has 2 N–H and O–H groups in total. The van der Waals surface area contributed by atoms with Gasteiger partial charge in [-0.25, -0.2) is 0 Å². The van der Waals surface area contributed by atoms with Crippen molar-refractivity contribution in [3.8, 4) is 0 Å². The van der Waals surface area contributed by atoms with E-state index >= 15 is 0 Å². The summed E-state index contributed by atoms with van der Waals surface area (Å²) in [7, 11) is 0. The van der Waals surface area contributed by atoms with Crippen molar-refractivity contribution in [2.45, 2.75) is 50.2 Å². The smallest absolute Gasteiger partial charge is 0.233 e. The van der Waals surface area contributed by atoms with E-state index in [0.29, 0.717) is 0 Å². The van der Waals surface area contributed by atoms with Gasteiger partial charge >= 0.3 is 0 Å². The lowest BCUT2D eigenvalue weighted by atomic mass is 10.1. The Bertz CT molecular complexity index is 373. The lowest BCUT2D eigenvalue weighted by Crippen LogP contribution is -2.43. The van der Waals surface area contributed by atoms with Crippen LogP contribution < -0.4 is 5.32 Å². The van der Waals surface area contributed by atoms with Crippen molar-refractivity contribution in [2.24, 2.45) is 0 Å². The number of rotatable bonds is 9. The molecule has 1 amide bonds. The van der Waals surface area contributed by atoms with Gasteiger partial charge in [-0.2, -0.15) is 11.8 Å². The molecule has 0 aliphatic rings. The van der Waals surface area contributed by atoms with Gasteiger partial charge in [0.1, 0.15) is 0 Å². The fourth-order valence-electron chi connectivity index (χ4n) is 1.32. The molecule has 20 heavy (non-hydrogen) atoms. The predicted molar refractivity (Wildman–Crippen MR) is 85.7 cm³/mol. The molecule has 0 aliphatic carbocycles. The van der Waals surface area contributed by atoms with Crippen LogP contribution in [0.1, 0.15) is 33.6 Å². The molecule has 0 radical (unpaired) electrons. The number of thioether (sulfide) groups is 2. The van der Waals surface area contributed by atoms with Crippen LogP contribution >= 0.6 is 23.5 Å². The zero-order valence-corrected chi connectivity index (χ0v) is 13.9. The third-order valence-corrected chi connectivity index (χ3v) is 4.43. The molecule has 0 saturated heterocycles. The van der Waals surface area contributed by atoms with E-state index in [-0.39, 0.29) is 40.1 Å². The van der Waals surface area contributed by atoms with Crippen molar-refractivity contribution < 1.29 is 14.4 Å². The zero-order chi connectivity index (χ0) is 15.7. The number of ketones is 1. The SMILES string of the molecule is CS[C@@H](C)C(=O)N[C@@H](CCC(=O)C=N)C(=O)SC(C)C. The zero-order valence-electron chi connectivity index (χ0n) is 12.3. The number of carbonyl (C=O) groups excluding carboxylic acids is 3. The lowest BCUT2D eigenvalue weighted by molar-refractivity contribution is -0.124. The molecule has 5 nitrogen and oxygen atoms in total. The van der Waals surface area contributed by atoms with E-state index in [2.05, 4.69) is 5.32 Å². The van der Waals surface area contributed by atoms with E-state index in [1.165, 1.54) is 11.8 Å². The maximum Gasteiger partial charge on any atom is 0.233 e. The lowest BCUT2D eigenvalue weighted by Gasteiger charge is -2.19. The Balaban J connectivity index is 4.69. The summed E-state index contributed by atoms with van der Waals surface area (Å²) in [5, 5.41) is 9.29. The van der Waals surface area contributed by atoms with Gasteiger partial charge in [0.2, 0.25) is 11.0 Å². The van der Waals surface area contributed by atoms with E-state index in [9.17, 15) is 14.4 Å². The number of hydrogen-bond donors (Lipinski definition) is 2. The molecule has 0 spiro atoms. The van der Waals surface area contributed by atoms with Gasteiger partial charge in [-0.3, -0.25) is 14.4 Å². The van der Waals surface area contributed by atoms with Gasteiger partial charge in [0.25, 0.3) is 0 Å². The van der Waals surface area contributed by atoms with Crippen LogP contribution in [0.15, 0.2) is 0 Å². The molecule has 0 saturated carbocycles. The van der Waals surface area contributed by atoms with Gasteiger partial charge in [0.15, 0.2) is 5.78 Å². The average molecular weight is 318 g/mol. The molecule has 0 aromatic carbocycles. The van der Waals surface area contributed by atoms with Crippen LogP contribution in [-0.4, -0.2) is 45.8 Å². The molecule has 114 valence electrons. The molecule has 0 rings (SSSR count). The van der Waals surface area contributed by atoms with Gasteiger partial charge in [0, 0.05) is 11.7 Å². The summed E-state index contributed by atoms with van der Waals surface area (Å²) in [5.74, 6) is -0.549. The highest BCUT2D eigenvalue weighted by atomic mass is 32.2. The van der Waals surface area contributed by atoms with Gasteiger partial charge in [0.05, 0.1) is 17.5 Å². The third kappa shape index (κ3) is 7.69. The van der Waals surface area contributed by atoms with Crippen LogP contribution in [0.3, 0.4) is 0 Å². The summed E-state index contributed by atoms with van der Waals surface area (Å²) < 4.78 is 0. The Morgan fingerprint density at radius 3 is 2.30 bits per heavy atom. The van der Waals surface area contributed by atoms with E-state index in [1.807, 2.05) is 20.1 Å². The van der Waals surface area contributed by atoms with E-state index in [1.54, 1.807) is 6.92 Å². The summed E-state index contributed by atoms with van der Waals surface area (Å²) in [6, 6.07) is -0.673. The Morgan fingerprint density at radius 2 is 1.85 bits per heavy atom. The second-order valence-electron chi connectivity index (χ2n) is 4.57. The number of nitrogens with one attached hydrogen (secondary N) is 2. The van der Waals surface area contributed by atoms with Crippen LogP contribution in [0.25, 0.3) is 0 Å². The second kappa shape index (κ2) is 9.99. The van der Waals surface area contributed by atoms with Crippen molar-refractivity contribution in [3.63, 3.8) is 0 Å². The van der Waals surface area contributed by atoms with Gasteiger partial charge in [-0.15, -0.1) is 0 Å². The maximum absolute atomic E-state index is 12.1. The highest BCUT2D eigenvalue weighted by Gasteiger charge is 2.24. The largest absolute Gasteiger partial charge is 0.344 e. The van der Waals surface area contributed by atoms with Crippen molar-refractivity contribution in [1.29, 1.82) is 5.41 Å². The van der Waals surface area contributed by atoms with E-state index in [0.717, 1.165) is 18.0 Å². The van der Waals surface area contributed by atoms with Crippen LogP contribution in [0.5, 0.6) is 0 Å². The fraction of sp³-hybridized carbons (Fsp3) is 0.692. The Morgan fingerprint density at radius 1 is 1.25 bits per heavy atom. The monoisotopic (exact) mass is 318 g/mol. The first-order chi connectivity index (χ1) is 9.31. The first-order valence-electron chi connectivity index (χ1n) is 6.38. The molecule has 0 aromatic rings. The highest BCUT2D eigenvalue weighted by Crippen LogP contribution is 2.16. The number of carbonyl (C=O) groups is 3. The van der Waals surface area contributed by atoms with Crippen LogP contribution in [-0.2, 0) is 14.4 Å². The maximum atomic E-state index is 12.1. The summed E-state index contributed by atoms with van der Waals surface area (Å²) >= 11 is 2.55. The molecule has 0 aromatic heterocycles. The first kappa shape index (κ1) is 19.2. The molecular weight excluding hydrogens is 296 g/mol. The molecule has 0 fully saturated rings. The Hall–Kier alpha value is -0.820. The summed E-state index contributed by atoms with van der Waals surface area (Å²) in [6.45, 7) is 5.56. The Kier molecular flexibility index (Phi) is 9.58. The molecule has 2 atom stereocenters. The minimum Gasteiger partial charge on any atom is -0.344 e. The normalized spacial score (nSPS) is 13.7. The molecule has 0 aliphatic heterocycles. The molecule has 0 heterocycles. The minimum atomic E-state index is -0.673. The topological polar surface area (TPSA) is 87.1 Å². The summed E-state index contributed by atoms with van der Waals surface area (Å²) in [4.78, 5) is 35.1. The quantitative estimate of drug-likeness (QED) is 0.634. The van der Waals surface area contributed by atoms with E-state index in [4.69, 9.17) is 5.41 Å². The Labute approximate surface area is 128 Å². The van der Waals surface area contributed by atoms with Crippen molar-refractivity contribution in [1.82, 2.24) is 5.32 Å². The third-order valence-electron chi connectivity index (χ3n) is 2.52. The van der Waals surface area contributed by atoms with Crippen molar-refractivity contribution in [3.05, 3.63) is 0 Å². The van der Waals surface area contributed by atoms with Crippen LogP contribution in [0, 0.1) is 5.41 Å². The minimum absolute atomic E-state index is 0.0898. The number of hydrogen-bond acceptors (Lipinski definition) is 6. The average Bonchev–Trinajstić information content (AvgIpc) is 2.40. The van der Waals surface area contributed by atoms with Crippen LogP contribution in [0.4, 0.5) is 0 Å². The number of Topliss-reactive ketones (excluding diaryl/α,β-unsaturated/α-hetero) is 1. The molecular formula is C13H22N2O3S2. The summed E-state index contributed by atoms with van der Waals surface area (Å²) in [5.41, 5.74) is 0. The van der Waals surface area contributed by atoms with Gasteiger partial charge in [-0.1, -0.05) is 25.6 Å². The predicted octanol–water partition coefficient (Wildman–Crippen LogP) is 1.89. The van der Waals surface area contributed by atoms with E-state index < -0.39 is 6.04 Å². The van der Waals surface area contributed by atoms with Gasteiger partial charge in [-0.05, 0) is 19.6 Å². The second-order valence-corrected chi connectivity index (χ2v) is 7.33. The molecule has 0 unspecified atom stereocenters. The number of amides is 1. The van der Waals surface area contributed by atoms with Crippen LogP contribution in [0.2, 0.25) is 0 Å². The highest BCUT2D eigenvalue weighted by molar-refractivity contribution is 8.14. The standard InChI is InChI=1S/C13H22N2O3S2/c1-8(2)20-13(18)11(6-5-10(16)7-14)15-12(17)9(3)19-4/h7-9,11,14H,5-6H2,1-4H3,(H,15,17)/t9-,11-/m0/s1. The van der Waals surface area contributed by atoms with Crippen molar-refractivity contribution >= 4 is 46.5 Å².